The van der Waals surface area contributed by atoms with E-state index in [-0.39, 0.29) is 12.8 Å². The van der Waals surface area contributed by atoms with Crippen molar-refractivity contribution in [1.82, 2.24) is 15.0 Å². The minimum Gasteiger partial charge on any atom is -0.350 e. The highest BCUT2D eigenvalue weighted by Crippen LogP contribution is 2.32. The summed E-state index contributed by atoms with van der Waals surface area (Å²) in [5, 5.41) is 8.26. The maximum atomic E-state index is 12.9. The first-order chi connectivity index (χ1) is 13.4. The van der Waals surface area contributed by atoms with Crippen LogP contribution in [0.2, 0.25) is 0 Å². The summed E-state index contributed by atoms with van der Waals surface area (Å²) in [6, 6.07) is 13.3. The van der Waals surface area contributed by atoms with Crippen LogP contribution in [0, 0.1) is 6.92 Å². The predicted molar refractivity (Wildman–Crippen MR) is 97.8 cm³/mol. The maximum Gasteiger partial charge on any atom is 0.416 e. The Morgan fingerprint density at radius 1 is 1.14 bits per heavy atom. The second-order valence-electron chi connectivity index (χ2n) is 6.79. The summed E-state index contributed by atoms with van der Waals surface area (Å²) in [6.07, 6.45) is -3.01. The highest BCUT2D eigenvalue weighted by atomic mass is 19.4. The molecule has 0 amide bonds. The lowest BCUT2D eigenvalue weighted by atomic mass is 10.1. The molecule has 1 aromatic heterocycles. The highest BCUT2D eigenvalue weighted by Gasteiger charge is 2.31. The molecule has 3 aromatic rings. The largest absolute Gasteiger partial charge is 0.416 e. The molecular weight excluding hydrogens is 369 g/mol. The number of ether oxygens (including phenoxy) is 1. The van der Waals surface area contributed by atoms with Crippen LogP contribution in [0.25, 0.3) is 0 Å². The molecule has 146 valence electrons. The summed E-state index contributed by atoms with van der Waals surface area (Å²) in [7, 11) is 0. The number of anilines is 1. The number of hydrogen-bond donors (Lipinski definition) is 0. The van der Waals surface area contributed by atoms with Crippen LogP contribution >= 0.6 is 0 Å². The molecule has 0 bridgehead atoms. The molecule has 1 unspecified atom stereocenters. The van der Waals surface area contributed by atoms with Gasteiger partial charge in [0.2, 0.25) is 0 Å². The van der Waals surface area contributed by atoms with Gasteiger partial charge in [0, 0.05) is 12.2 Å². The first kappa shape index (κ1) is 18.5. The van der Waals surface area contributed by atoms with E-state index in [0.29, 0.717) is 17.9 Å². The summed E-state index contributed by atoms with van der Waals surface area (Å²) in [5.41, 5.74) is 2.65. The highest BCUT2D eigenvalue weighted by molar-refractivity contribution is 5.50. The van der Waals surface area contributed by atoms with Crippen molar-refractivity contribution in [3.8, 4) is 0 Å². The summed E-state index contributed by atoms with van der Waals surface area (Å²) in [4.78, 5) is 2.10. The van der Waals surface area contributed by atoms with Crippen molar-refractivity contribution < 1.29 is 17.9 Å². The van der Waals surface area contributed by atoms with Gasteiger partial charge < -0.3 is 9.64 Å². The fourth-order valence-corrected chi connectivity index (χ4v) is 3.32. The van der Waals surface area contributed by atoms with Gasteiger partial charge in [-0.15, -0.1) is 5.10 Å². The maximum absolute atomic E-state index is 12.9. The number of nitrogens with zero attached hydrogens (tertiary/aromatic N) is 4. The number of benzene rings is 2. The van der Waals surface area contributed by atoms with E-state index < -0.39 is 11.7 Å². The van der Waals surface area contributed by atoms with Crippen LogP contribution in [0.1, 0.15) is 28.6 Å². The molecule has 1 aliphatic heterocycles. The number of rotatable bonds is 4. The van der Waals surface area contributed by atoms with Gasteiger partial charge in [0.15, 0.2) is 6.23 Å². The van der Waals surface area contributed by atoms with Gasteiger partial charge in [0.1, 0.15) is 5.69 Å². The molecule has 0 spiro atoms. The number of aryl methyl sites for hydroxylation is 1. The van der Waals surface area contributed by atoms with E-state index in [1.807, 2.05) is 25.1 Å². The van der Waals surface area contributed by atoms with Crippen LogP contribution in [-0.2, 0) is 17.5 Å². The third-order valence-corrected chi connectivity index (χ3v) is 4.63. The quantitative estimate of drug-likeness (QED) is 0.672. The summed E-state index contributed by atoms with van der Waals surface area (Å²) >= 11 is 0. The molecule has 1 atom stereocenters. The van der Waals surface area contributed by atoms with Gasteiger partial charge in [-0.3, -0.25) is 0 Å². The standard InChI is InChI=1S/C20H19F3N4O/c1-14-4-2-7-17(10-14)27-8-9-28-19(27)18-13-26(25-24-18)12-15-5-3-6-16(11-15)20(21,22)23/h2-7,10-11,13,19H,8-9,12H2,1H3. The molecule has 0 N–H and O–H groups in total. The molecule has 0 aliphatic carbocycles. The van der Waals surface area contributed by atoms with E-state index in [4.69, 9.17) is 4.74 Å². The average molecular weight is 388 g/mol. The Kier molecular flexibility index (Phi) is 4.80. The van der Waals surface area contributed by atoms with Crippen molar-refractivity contribution in [2.45, 2.75) is 25.9 Å². The Morgan fingerprint density at radius 3 is 2.75 bits per heavy atom. The Hall–Kier alpha value is -2.87. The molecule has 5 nitrogen and oxygen atoms in total. The van der Waals surface area contributed by atoms with Crippen LogP contribution in [0.5, 0.6) is 0 Å². The molecule has 0 saturated carbocycles. The molecular formula is C20H19F3N4O. The molecule has 2 aromatic carbocycles. The van der Waals surface area contributed by atoms with E-state index in [1.54, 1.807) is 12.3 Å². The van der Waals surface area contributed by atoms with Crippen molar-refractivity contribution in [1.29, 1.82) is 0 Å². The van der Waals surface area contributed by atoms with Gasteiger partial charge in [0.25, 0.3) is 0 Å². The monoisotopic (exact) mass is 388 g/mol. The van der Waals surface area contributed by atoms with Crippen LogP contribution in [0.4, 0.5) is 18.9 Å². The van der Waals surface area contributed by atoms with Gasteiger partial charge in [-0.25, -0.2) is 4.68 Å². The Balaban J connectivity index is 1.53. The van der Waals surface area contributed by atoms with Gasteiger partial charge in [-0.2, -0.15) is 13.2 Å². The Labute approximate surface area is 160 Å². The van der Waals surface area contributed by atoms with Gasteiger partial charge >= 0.3 is 6.18 Å². The second-order valence-corrected chi connectivity index (χ2v) is 6.79. The van der Waals surface area contributed by atoms with E-state index in [1.165, 1.54) is 10.7 Å². The fraction of sp³-hybridized carbons (Fsp3) is 0.300. The minimum absolute atomic E-state index is 0.202. The normalized spacial score (nSPS) is 17.3. The van der Waals surface area contributed by atoms with Crippen LogP contribution in [0.15, 0.2) is 54.7 Å². The van der Waals surface area contributed by atoms with Gasteiger partial charge in [-0.1, -0.05) is 29.5 Å². The molecule has 2 heterocycles. The average Bonchev–Trinajstić information content (AvgIpc) is 3.30. The van der Waals surface area contributed by atoms with Crippen molar-refractivity contribution in [2.75, 3.05) is 18.1 Å². The first-order valence-corrected chi connectivity index (χ1v) is 8.91. The van der Waals surface area contributed by atoms with Crippen molar-refractivity contribution in [3.63, 3.8) is 0 Å². The molecule has 8 heteroatoms. The number of halogens is 3. The van der Waals surface area contributed by atoms with Crippen molar-refractivity contribution >= 4 is 5.69 Å². The summed E-state index contributed by atoms with van der Waals surface area (Å²) in [6.45, 7) is 3.53. The lowest BCUT2D eigenvalue weighted by Crippen LogP contribution is -2.23. The molecule has 4 rings (SSSR count). The van der Waals surface area contributed by atoms with Crippen LogP contribution in [0.3, 0.4) is 0 Å². The van der Waals surface area contributed by atoms with Gasteiger partial charge in [0.05, 0.1) is 24.9 Å². The lowest BCUT2D eigenvalue weighted by Gasteiger charge is -2.23. The molecule has 1 fully saturated rings. The summed E-state index contributed by atoms with van der Waals surface area (Å²) in [5.74, 6) is 0. The number of alkyl halides is 3. The lowest BCUT2D eigenvalue weighted by molar-refractivity contribution is -0.137. The second kappa shape index (κ2) is 7.27. The smallest absolute Gasteiger partial charge is 0.350 e. The van der Waals surface area contributed by atoms with Crippen molar-refractivity contribution in [2.24, 2.45) is 0 Å². The van der Waals surface area contributed by atoms with Crippen molar-refractivity contribution in [3.05, 3.63) is 77.1 Å². The first-order valence-electron chi connectivity index (χ1n) is 8.91. The zero-order valence-electron chi connectivity index (χ0n) is 15.2. The Bertz CT molecular complexity index is 970. The zero-order chi connectivity index (χ0) is 19.7. The van der Waals surface area contributed by atoms with E-state index in [2.05, 4.69) is 21.3 Å². The summed E-state index contributed by atoms with van der Waals surface area (Å²) < 4.78 is 46.0. The molecule has 28 heavy (non-hydrogen) atoms. The fourth-order valence-electron chi connectivity index (χ4n) is 3.32. The molecule has 0 radical (unpaired) electrons. The third kappa shape index (κ3) is 3.87. The minimum atomic E-state index is -4.37. The van der Waals surface area contributed by atoms with Crippen LogP contribution < -0.4 is 4.90 Å². The van der Waals surface area contributed by atoms with E-state index in [9.17, 15) is 13.2 Å². The van der Waals surface area contributed by atoms with E-state index in [0.717, 1.165) is 29.9 Å². The molecule has 1 saturated heterocycles. The Morgan fingerprint density at radius 2 is 1.96 bits per heavy atom. The van der Waals surface area contributed by atoms with Gasteiger partial charge in [-0.05, 0) is 42.3 Å². The van der Waals surface area contributed by atoms with Crippen LogP contribution in [-0.4, -0.2) is 28.1 Å². The predicted octanol–water partition coefficient (Wildman–Crippen LogP) is 4.19. The molecule has 1 aliphatic rings. The third-order valence-electron chi connectivity index (χ3n) is 4.63. The number of aromatic nitrogens is 3. The topological polar surface area (TPSA) is 43.2 Å². The number of hydrogen-bond acceptors (Lipinski definition) is 4. The SMILES string of the molecule is Cc1cccc(N2CCOC2c2cn(Cc3cccc(C(F)(F)F)c3)nn2)c1. The van der Waals surface area contributed by atoms with E-state index >= 15 is 0 Å². The zero-order valence-corrected chi connectivity index (χ0v) is 15.2.